The van der Waals surface area contributed by atoms with Crippen LogP contribution in [0.1, 0.15) is 32.1 Å². The highest BCUT2D eigenvalue weighted by molar-refractivity contribution is 5.71. The molecule has 4 aliphatic carbocycles. The second-order valence-electron chi connectivity index (χ2n) is 5.76. The molecule has 4 aliphatic rings. The summed E-state index contributed by atoms with van der Waals surface area (Å²) in [7, 11) is 0. The molecule has 0 amide bonds. The molecule has 0 aliphatic heterocycles. The summed E-state index contributed by atoms with van der Waals surface area (Å²) in [6, 6.07) is 0. The Morgan fingerprint density at radius 3 is 2.07 bits per heavy atom. The van der Waals surface area contributed by atoms with Crippen molar-refractivity contribution in [2.24, 2.45) is 29.6 Å². The second kappa shape index (κ2) is 3.21. The average molecular weight is 210 g/mol. The zero-order valence-corrected chi connectivity index (χ0v) is 8.80. The summed E-state index contributed by atoms with van der Waals surface area (Å²) in [6.45, 7) is 0. The van der Waals surface area contributed by atoms with Gasteiger partial charge in [0.2, 0.25) is 0 Å². The lowest BCUT2D eigenvalue weighted by Gasteiger charge is -2.43. The molecule has 3 heteroatoms. The van der Waals surface area contributed by atoms with Gasteiger partial charge in [-0.2, -0.15) is 0 Å². The van der Waals surface area contributed by atoms with Crippen molar-refractivity contribution in [3.8, 4) is 0 Å². The van der Waals surface area contributed by atoms with E-state index in [9.17, 15) is 15.0 Å². The molecule has 0 radical (unpaired) electrons. The van der Waals surface area contributed by atoms with Gasteiger partial charge in [-0.05, 0) is 55.8 Å². The molecule has 3 atom stereocenters. The van der Waals surface area contributed by atoms with Gasteiger partial charge in [0, 0.05) is 0 Å². The van der Waals surface area contributed by atoms with Gasteiger partial charge in [-0.3, -0.25) is 4.79 Å². The number of rotatable bonds is 1. The molecule has 3 unspecified atom stereocenters. The SMILES string of the molecule is O=C(O)C1C2CC3CC(O)C(C2)CC1C3. The molecule has 2 N–H and O–H groups in total. The largest absolute Gasteiger partial charge is 0.481 e. The number of carboxylic acids is 1. The van der Waals surface area contributed by atoms with Crippen molar-refractivity contribution in [3.05, 3.63) is 0 Å². The molecule has 0 aromatic carbocycles. The topological polar surface area (TPSA) is 57.5 Å². The number of hydrogen-bond donors (Lipinski definition) is 2. The smallest absolute Gasteiger partial charge is 0.307 e. The fraction of sp³-hybridized carbons (Fsp3) is 0.917. The first-order chi connectivity index (χ1) is 7.15. The third-order valence-corrected chi connectivity index (χ3v) is 4.90. The zero-order chi connectivity index (χ0) is 10.6. The third-order valence-electron chi connectivity index (χ3n) is 4.90. The van der Waals surface area contributed by atoms with Gasteiger partial charge in [-0.1, -0.05) is 0 Å². The number of carbonyl (C=O) groups is 1. The number of carboxylic acid groups (broad SMARTS) is 1. The van der Waals surface area contributed by atoms with E-state index in [0.29, 0.717) is 23.7 Å². The van der Waals surface area contributed by atoms with Crippen LogP contribution in [0.25, 0.3) is 0 Å². The predicted molar refractivity (Wildman–Crippen MR) is 54.2 cm³/mol. The summed E-state index contributed by atoms with van der Waals surface area (Å²) >= 11 is 0. The molecule has 4 bridgehead atoms. The summed E-state index contributed by atoms with van der Waals surface area (Å²) in [6.07, 6.45) is 4.75. The van der Waals surface area contributed by atoms with Crippen molar-refractivity contribution in [2.45, 2.75) is 38.2 Å². The maximum absolute atomic E-state index is 11.2. The molecule has 84 valence electrons. The van der Waals surface area contributed by atoms with Crippen LogP contribution in [0.3, 0.4) is 0 Å². The number of hydrogen-bond acceptors (Lipinski definition) is 2. The minimum absolute atomic E-state index is 0.109. The van der Waals surface area contributed by atoms with E-state index in [-0.39, 0.29) is 12.0 Å². The lowest BCUT2D eigenvalue weighted by atomic mass is 9.61. The highest BCUT2D eigenvalue weighted by atomic mass is 16.4. The van der Waals surface area contributed by atoms with Crippen LogP contribution in [0.4, 0.5) is 0 Å². The maximum Gasteiger partial charge on any atom is 0.307 e. The van der Waals surface area contributed by atoms with E-state index in [1.165, 1.54) is 0 Å². The zero-order valence-electron chi connectivity index (χ0n) is 8.80. The molecule has 0 aromatic rings. The molecule has 0 spiro atoms. The first-order valence-corrected chi connectivity index (χ1v) is 6.06. The number of aliphatic hydroxyl groups excluding tert-OH is 1. The summed E-state index contributed by atoms with van der Waals surface area (Å²) < 4.78 is 0. The van der Waals surface area contributed by atoms with Gasteiger partial charge >= 0.3 is 5.97 Å². The summed E-state index contributed by atoms with van der Waals surface area (Å²) in [5.41, 5.74) is 0. The summed E-state index contributed by atoms with van der Waals surface area (Å²) in [5.74, 6) is 0.978. The first-order valence-electron chi connectivity index (χ1n) is 6.06. The normalized spacial score (nSPS) is 52.9. The minimum atomic E-state index is -0.599. The van der Waals surface area contributed by atoms with Crippen molar-refractivity contribution in [3.63, 3.8) is 0 Å². The fourth-order valence-corrected chi connectivity index (χ4v) is 4.43. The third kappa shape index (κ3) is 1.40. The van der Waals surface area contributed by atoms with Crippen molar-refractivity contribution in [1.82, 2.24) is 0 Å². The van der Waals surface area contributed by atoms with Gasteiger partial charge in [0.1, 0.15) is 0 Å². The molecule has 3 nitrogen and oxygen atoms in total. The van der Waals surface area contributed by atoms with Crippen molar-refractivity contribution >= 4 is 5.97 Å². The van der Waals surface area contributed by atoms with E-state index in [1.807, 2.05) is 0 Å². The van der Waals surface area contributed by atoms with Gasteiger partial charge in [-0.15, -0.1) is 0 Å². The average Bonchev–Trinajstić information content (AvgIpc) is 2.30. The summed E-state index contributed by atoms with van der Waals surface area (Å²) in [5, 5.41) is 19.2. The molecule has 4 fully saturated rings. The number of aliphatic carboxylic acids is 1. The van der Waals surface area contributed by atoms with Crippen molar-refractivity contribution in [1.29, 1.82) is 0 Å². The Morgan fingerprint density at radius 2 is 1.53 bits per heavy atom. The monoisotopic (exact) mass is 210 g/mol. The van der Waals surface area contributed by atoms with Crippen molar-refractivity contribution in [2.75, 3.05) is 0 Å². The van der Waals surface area contributed by atoms with Crippen LogP contribution >= 0.6 is 0 Å². The lowest BCUT2D eigenvalue weighted by Crippen LogP contribution is -2.41. The van der Waals surface area contributed by atoms with Crippen LogP contribution in [0.15, 0.2) is 0 Å². The molecule has 4 rings (SSSR count). The second-order valence-corrected chi connectivity index (χ2v) is 5.76. The number of aliphatic hydroxyl groups is 1. The first kappa shape index (κ1) is 9.64. The Hall–Kier alpha value is -0.570. The Bertz CT molecular complexity index is 273. The molecule has 4 saturated carbocycles. The van der Waals surface area contributed by atoms with Crippen LogP contribution in [0.2, 0.25) is 0 Å². The standard InChI is InChI=1S/C12H18O3/c13-10-3-6-1-8-4-7(10)5-9(2-6)11(8)12(14)15/h6-11,13H,1-5H2,(H,14,15). The van der Waals surface area contributed by atoms with Gasteiger partial charge in [-0.25, -0.2) is 0 Å². The highest BCUT2D eigenvalue weighted by Gasteiger charge is 2.51. The van der Waals surface area contributed by atoms with E-state index in [2.05, 4.69) is 0 Å². The Labute approximate surface area is 89.5 Å². The van der Waals surface area contributed by atoms with E-state index >= 15 is 0 Å². The van der Waals surface area contributed by atoms with E-state index < -0.39 is 5.97 Å². The molecule has 0 aromatic heterocycles. The molecular weight excluding hydrogens is 192 g/mol. The molecular formula is C12H18O3. The van der Waals surface area contributed by atoms with Crippen LogP contribution in [0, 0.1) is 29.6 Å². The Morgan fingerprint density at radius 1 is 0.933 bits per heavy atom. The van der Waals surface area contributed by atoms with E-state index in [0.717, 1.165) is 32.1 Å². The molecule has 0 saturated heterocycles. The Balaban J connectivity index is 1.91. The Kier molecular flexibility index (Phi) is 2.06. The van der Waals surface area contributed by atoms with E-state index in [4.69, 9.17) is 0 Å². The van der Waals surface area contributed by atoms with Gasteiger partial charge in [0.15, 0.2) is 0 Å². The van der Waals surface area contributed by atoms with Gasteiger partial charge in [0.25, 0.3) is 0 Å². The molecule has 15 heavy (non-hydrogen) atoms. The predicted octanol–water partition coefficient (Wildman–Crippen LogP) is 1.50. The lowest BCUT2D eigenvalue weighted by molar-refractivity contribution is -0.151. The van der Waals surface area contributed by atoms with E-state index in [1.54, 1.807) is 0 Å². The maximum atomic E-state index is 11.2. The van der Waals surface area contributed by atoms with Crippen molar-refractivity contribution < 1.29 is 15.0 Å². The minimum Gasteiger partial charge on any atom is -0.481 e. The van der Waals surface area contributed by atoms with Crippen LogP contribution in [0.5, 0.6) is 0 Å². The van der Waals surface area contributed by atoms with Crippen LogP contribution < -0.4 is 0 Å². The van der Waals surface area contributed by atoms with Gasteiger partial charge < -0.3 is 10.2 Å². The van der Waals surface area contributed by atoms with Crippen LogP contribution in [-0.4, -0.2) is 22.3 Å². The quantitative estimate of drug-likeness (QED) is 0.689. The number of fused-ring (bicyclic) bond motifs is 1. The summed E-state index contributed by atoms with van der Waals surface area (Å²) in [4.78, 5) is 11.2. The molecule has 0 heterocycles. The highest BCUT2D eigenvalue weighted by Crippen LogP contribution is 2.54. The van der Waals surface area contributed by atoms with Gasteiger partial charge in [0.05, 0.1) is 12.0 Å². The van der Waals surface area contributed by atoms with Crippen LogP contribution in [-0.2, 0) is 4.79 Å². The fourth-order valence-electron chi connectivity index (χ4n) is 4.43.